The fourth-order valence-corrected chi connectivity index (χ4v) is 16.3. The number of hydrogen-bond acceptors (Lipinski definition) is 19. The fraction of sp³-hybridized carbons (Fsp3) is 0.480. The van der Waals surface area contributed by atoms with Crippen LogP contribution in [0.5, 0.6) is 17.2 Å². The molecule has 11 N–H and O–H groups in total. The number of nitrogens with zero attached hydrogens (tertiary/aromatic N) is 3. The third-order valence-electron chi connectivity index (χ3n) is 21.5. The first-order chi connectivity index (χ1) is 63.0. The van der Waals surface area contributed by atoms with E-state index in [2.05, 4.69) is 45.7 Å². The highest BCUT2D eigenvalue weighted by Crippen LogP contribution is 2.46. The molecule has 4 aliphatic carbocycles. The van der Waals surface area contributed by atoms with Crippen molar-refractivity contribution in [3.05, 3.63) is 239 Å². The Bertz CT molecular complexity index is 4930. The van der Waals surface area contributed by atoms with Gasteiger partial charge in [-0.2, -0.15) is 0 Å². The molecule has 4 aliphatic rings. The first-order valence-corrected chi connectivity index (χ1v) is 49.4. The van der Waals surface area contributed by atoms with E-state index in [1.54, 1.807) is 40.3 Å². The van der Waals surface area contributed by atoms with E-state index in [1.807, 2.05) is 150 Å². The van der Waals surface area contributed by atoms with Gasteiger partial charge in [0.25, 0.3) is 5.91 Å². The lowest BCUT2D eigenvalue weighted by Gasteiger charge is -2.26. The number of unbranched alkanes of at least 4 members (excludes halogenated alkanes) is 2. The molecule has 0 heterocycles. The molecule has 8 aromatic carbocycles. The average Bonchev–Trinajstić information content (AvgIpc) is 1.61. The van der Waals surface area contributed by atoms with Gasteiger partial charge in [-0.15, -0.1) is 0 Å². The van der Waals surface area contributed by atoms with E-state index in [0.717, 1.165) is 166 Å². The Morgan fingerprint density at radius 3 is 1.19 bits per heavy atom. The summed E-state index contributed by atoms with van der Waals surface area (Å²) < 4.78 is 29.3. The summed E-state index contributed by atoms with van der Waals surface area (Å²) in [5, 5.41) is 74.8. The SMILES string of the molecule is CCCCc1cc(Cl)c(CBr)cc1Cl.CCCCc1cc(Cl)c(CO)cc1Cl.CN(C(=O)C1(OCc2cc(Cl)c(CCCNC(=O)NC[C@H](O)[C@@H](O)[C@H](O)[C@H](O)CO)cc2Cl)CC1)c1ccccc1OC1CC1.CN(OCc1cc(Cl)c(CCCN)cc1Cl)c1ccccc1OC1CC1.CN(OCc1cc(Cl)c(CCCNC(=O)OC(C)(C)C)cc1Cl)c1ccccc1OC1CC1. The van der Waals surface area contributed by atoms with E-state index >= 15 is 0 Å². The second-order valence-corrected chi connectivity index (χ2v) is 38.3. The van der Waals surface area contributed by atoms with Crippen LogP contribution in [0.15, 0.2) is 133 Å². The highest BCUT2D eigenvalue weighted by atomic mass is 79.9. The first kappa shape index (κ1) is 111. The minimum absolute atomic E-state index is 0.0629. The number of rotatable bonds is 44. The summed E-state index contributed by atoms with van der Waals surface area (Å²) >= 11 is 66.5. The van der Waals surface area contributed by atoms with Crippen LogP contribution in [0.4, 0.5) is 26.7 Å². The number of aryl methyl sites for hydroxylation is 5. The Labute approximate surface area is 834 Å². The second kappa shape index (κ2) is 56.0. The number of anilines is 3. The lowest BCUT2D eigenvalue weighted by atomic mass is 10.0. The number of alkyl halides is 1. The second-order valence-electron chi connectivity index (χ2n) is 33.7. The van der Waals surface area contributed by atoms with Gasteiger partial charge in [-0.05, 0) is 284 Å². The number of amides is 4. The van der Waals surface area contributed by atoms with Crippen molar-refractivity contribution in [3.63, 3.8) is 0 Å². The minimum atomic E-state index is -1.77. The molecular weight excluding hydrogens is 1970 g/mol. The van der Waals surface area contributed by atoms with E-state index in [1.165, 1.54) is 6.42 Å². The van der Waals surface area contributed by atoms with Crippen LogP contribution in [0.3, 0.4) is 0 Å². The third kappa shape index (κ3) is 36.9. The van der Waals surface area contributed by atoms with Gasteiger partial charge in [-0.25, -0.2) is 9.59 Å². The molecule has 8 aromatic rings. The van der Waals surface area contributed by atoms with Crippen molar-refractivity contribution in [1.29, 1.82) is 0 Å². The van der Waals surface area contributed by atoms with Crippen LogP contribution >= 0.6 is 132 Å². The number of carbonyl (C=O) groups excluding carboxylic acids is 3. The van der Waals surface area contributed by atoms with Gasteiger partial charge < -0.3 is 80.9 Å². The van der Waals surface area contributed by atoms with Crippen molar-refractivity contribution >= 4 is 167 Å². The van der Waals surface area contributed by atoms with Crippen molar-refractivity contribution in [2.45, 2.75) is 249 Å². The zero-order valence-corrected chi connectivity index (χ0v) is 84.9. The number of nitrogens with one attached hydrogen (secondary N) is 3. The molecule has 0 aliphatic heterocycles. The largest absolute Gasteiger partial charge is 0.488 e. The number of para-hydroxylation sites is 6. The van der Waals surface area contributed by atoms with Gasteiger partial charge in [0.1, 0.15) is 71.4 Å². The highest BCUT2D eigenvalue weighted by molar-refractivity contribution is 9.08. The van der Waals surface area contributed by atoms with Crippen LogP contribution < -0.4 is 50.9 Å². The number of aliphatic hydroxyl groups excluding tert-OH is 6. The van der Waals surface area contributed by atoms with E-state index in [9.17, 15) is 34.8 Å². The molecule has 0 bridgehead atoms. The standard InChI is InChI=1S/C31H41Cl2N3O9.C25H32Cl2N2O4.C20H24Cl2N2O2.C11H13BrCl2.C11H14Cl2O/c1-36(23-6-2-3-7-26(23)45-20-8-9-20)29(42)31(10-11-31)44-17-19-14-21(32)18(13-22(19)33)5-4-12-34-30(43)35-15-24(38)27(40)28(41)25(39)16-37;1-25(2,3)33-24(30)28-13-7-8-17-14-21(27)18(15-20(17)26)16-31-29(4)22-9-5-6-10-23(22)32-19-11-12-19;1-24(19-6-2-3-7-20(19)26-16-8-9-16)25-13-15-12-17(21)14(5-4-10-23)11-18(15)22;1-2-3-4-8-5-11(14)9(7-12)6-10(8)13;1-2-3-4-8-5-11(13)9(7-14)6-10(8)12/h2-3,6-7,13-14,20,24-25,27-28,37-41H,4-5,8-12,15-17H2,1H3,(H2,34,35,43);5-6,9-10,14-15,19H,7-8,11-13,16H2,1-4H3,(H,28,30);2-3,6-7,11-12,16H,4-5,8-10,13,23H2,1H3;5-6H,2-4,7H2,1H3;5-6,14H,2-4,7H2,1H3/t24-,25+,27+,28+;;;;/m0..../s1. The Kier molecular flexibility index (Phi) is 47.1. The van der Waals surface area contributed by atoms with E-state index in [4.69, 9.17) is 165 Å². The Hall–Kier alpha value is -6.25. The highest BCUT2D eigenvalue weighted by Gasteiger charge is 2.53. The van der Waals surface area contributed by atoms with Crippen LogP contribution in [0.25, 0.3) is 0 Å². The van der Waals surface area contributed by atoms with Crippen LogP contribution in [-0.2, 0) is 87.8 Å². The maximum atomic E-state index is 13.5. The molecule has 0 unspecified atom stereocenters. The molecule has 0 spiro atoms. The molecule has 0 aromatic heterocycles. The molecule has 0 saturated heterocycles. The number of halogens is 11. The van der Waals surface area contributed by atoms with Gasteiger partial charge in [-0.1, -0.05) is 195 Å². The van der Waals surface area contributed by atoms with Crippen molar-refractivity contribution in [2.75, 3.05) is 69.0 Å². The molecule has 34 heteroatoms. The van der Waals surface area contributed by atoms with Gasteiger partial charge in [0.05, 0.1) is 49.9 Å². The lowest BCUT2D eigenvalue weighted by Crippen LogP contribution is -2.50. The lowest BCUT2D eigenvalue weighted by molar-refractivity contribution is -0.133. The summed E-state index contributed by atoms with van der Waals surface area (Å²) in [5.41, 5.74) is 15.5. The monoisotopic (exact) mass is 2080 g/mol. The Balaban J connectivity index is 0.000000217. The van der Waals surface area contributed by atoms with Gasteiger partial charge in [0.15, 0.2) is 0 Å². The maximum absolute atomic E-state index is 13.5. The smallest absolute Gasteiger partial charge is 0.407 e. The first-order valence-electron chi connectivity index (χ1n) is 44.5. The van der Waals surface area contributed by atoms with E-state index in [-0.39, 0.29) is 38.4 Å². The molecule has 23 nitrogen and oxygen atoms in total. The molecule has 4 atom stereocenters. The molecular formula is C98H124BrCl10N7O16. The van der Waals surface area contributed by atoms with Crippen molar-refractivity contribution in [3.8, 4) is 17.2 Å². The molecule has 0 radical (unpaired) electrons. The maximum Gasteiger partial charge on any atom is 0.407 e. The summed E-state index contributed by atoms with van der Waals surface area (Å²) in [6.07, 6.45) is 12.0. The quantitative estimate of drug-likeness (QED) is 0.00964. The number of carbonyl (C=O) groups is 3. The van der Waals surface area contributed by atoms with Crippen LogP contribution in [0.1, 0.15) is 187 Å². The number of aliphatic hydroxyl groups is 6. The van der Waals surface area contributed by atoms with E-state index < -0.39 is 60.9 Å². The van der Waals surface area contributed by atoms with Gasteiger partial charge >= 0.3 is 12.1 Å². The summed E-state index contributed by atoms with van der Waals surface area (Å²) in [6.45, 7) is 10.6. The number of hydroxylamine groups is 2. The van der Waals surface area contributed by atoms with Gasteiger partial charge in [0, 0.05) is 107 Å². The Morgan fingerprint density at radius 2 is 0.803 bits per heavy atom. The normalized spacial score (nSPS) is 14.4. The number of alkyl carbamates (subject to hydrolysis) is 1. The van der Waals surface area contributed by atoms with E-state index in [0.29, 0.717) is 133 Å². The van der Waals surface area contributed by atoms with Crippen LogP contribution in [0.2, 0.25) is 50.2 Å². The number of ether oxygens (including phenoxy) is 5. The average molecular weight is 2090 g/mol. The predicted octanol–water partition coefficient (Wildman–Crippen LogP) is 22.5. The molecule has 4 amide bonds. The predicted molar refractivity (Wildman–Crippen MR) is 536 cm³/mol. The Morgan fingerprint density at radius 1 is 0.462 bits per heavy atom. The number of hydrogen-bond donors (Lipinski definition) is 10. The van der Waals surface area contributed by atoms with Crippen molar-refractivity contribution in [2.24, 2.45) is 5.73 Å². The van der Waals surface area contributed by atoms with Gasteiger partial charge in [-0.3, -0.25) is 24.6 Å². The van der Waals surface area contributed by atoms with Crippen LogP contribution in [0, 0.1) is 0 Å². The zero-order valence-electron chi connectivity index (χ0n) is 75.8. The van der Waals surface area contributed by atoms with Crippen molar-refractivity contribution < 1.29 is 78.4 Å². The number of nitrogens with two attached hydrogens (primary N) is 1. The summed E-state index contributed by atoms with van der Waals surface area (Å²) in [4.78, 5) is 50.7. The molecule has 724 valence electrons. The third-order valence-corrected chi connectivity index (χ3v) is 25.6. The van der Waals surface area contributed by atoms with Crippen molar-refractivity contribution in [1.82, 2.24) is 16.0 Å². The van der Waals surface area contributed by atoms with Crippen LogP contribution in [-0.4, -0.2) is 157 Å². The fourth-order valence-electron chi connectivity index (χ4n) is 13.1. The molecule has 4 saturated carbocycles. The summed E-state index contributed by atoms with van der Waals surface area (Å²) in [6, 6.07) is 41.0. The number of urea groups is 1. The number of benzene rings is 8. The molecule has 4 fully saturated rings. The topological polar surface area (TPSA) is 309 Å². The molecule has 12 rings (SSSR count). The minimum Gasteiger partial charge on any atom is -0.488 e. The zero-order chi connectivity index (χ0) is 96.4. The summed E-state index contributed by atoms with van der Waals surface area (Å²) in [5.74, 6) is 2.17. The summed E-state index contributed by atoms with van der Waals surface area (Å²) in [7, 11) is 5.43. The molecule has 132 heavy (non-hydrogen) atoms. The van der Waals surface area contributed by atoms with Gasteiger partial charge in [0.2, 0.25) is 0 Å². The number of likely N-dealkylation sites (N-methyl/N-ethyl adjacent to an activating group) is 1.